The van der Waals surface area contributed by atoms with Crippen LogP contribution in [-0.4, -0.2) is 28.1 Å². The Hall–Kier alpha value is -1.65. The van der Waals surface area contributed by atoms with Crippen LogP contribution in [0.5, 0.6) is 0 Å². The molecule has 110 valence electrons. The van der Waals surface area contributed by atoms with Gasteiger partial charge in [0, 0.05) is 6.54 Å². The van der Waals surface area contributed by atoms with Crippen molar-refractivity contribution in [1.29, 1.82) is 0 Å². The number of nitrogens with zero attached hydrogens (tertiary/aromatic N) is 2. The van der Waals surface area contributed by atoms with Crippen LogP contribution >= 0.6 is 0 Å². The molecule has 0 aromatic carbocycles. The minimum Gasteiger partial charge on any atom is -0.444 e. The van der Waals surface area contributed by atoms with Crippen molar-refractivity contribution >= 4 is 6.09 Å². The Morgan fingerprint density at radius 3 is 2.80 bits per heavy atom. The second-order valence-electron chi connectivity index (χ2n) is 6.07. The number of ether oxygens (including phenoxy) is 1. The lowest BCUT2D eigenvalue weighted by Gasteiger charge is -2.36. The number of carbonyl (C=O) groups is 1. The summed E-state index contributed by atoms with van der Waals surface area (Å²) in [6, 6.07) is 4.49. The van der Waals surface area contributed by atoms with Crippen LogP contribution in [0.1, 0.15) is 51.8 Å². The summed E-state index contributed by atoms with van der Waals surface area (Å²) in [5.41, 5.74) is 0.0598. The predicted octanol–water partition coefficient (Wildman–Crippen LogP) is 3.68. The first-order valence-corrected chi connectivity index (χ1v) is 6.99. The maximum atomic E-state index is 13.3. The summed E-state index contributed by atoms with van der Waals surface area (Å²) in [5.74, 6) is -0.516. The van der Waals surface area contributed by atoms with Gasteiger partial charge in [0.15, 0.2) is 0 Å². The van der Waals surface area contributed by atoms with Gasteiger partial charge in [0.2, 0.25) is 5.95 Å². The zero-order chi connectivity index (χ0) is 14.8. The minimum absolute atomic E-state index is 0.200. The topological polar surface area (TPSA) is 42.4 Å². The molecular formula is C15H21FN2O2. The van der Waals surface area contributed by atoms with Gasteiger partial charge in [-0.2, -0.15) is 4.39 Å². The fourth-order valence-electron chi connectivity index (χ4n) is 2.39. The lowest BCUT2D eigenvalue weighted by molar-refractivity contribution is 0.00890. The van der Waals surface area contributed by atoms with E-state index in [1.54, 1.807) is 17.0 Å². The van der Waals surface area contributed by atoms with Gasteiger partial charge in [0.1, 0.15) is 5.60 Å². The molecule has 0 aliphatic carbocycles. The average Bonchev–Trinajstić information content (AvgIpc) is 2.37. The molecule has 1 aromatic rings. The molecular weight excluding hydrogens is 259 g/mol. The monoisotopic (exact) mass is 280 g/mol. The molecule has 1 aliphatic rings. The largest absolute Gasteiger partial charge is 0.444 e. The highest BCUT2D eigenvalue weighted by Gasteiger charge is 2.32. The molecule has 20 heavy (non-hydrogen) atoms. The molecule has 4 nitrogen and oxygen atoms in total. The fourth-order valence-corrected chi connectivity index (χ4v) is 2.39. The van der Waals surface area contributed by atoms with Crippen LogP contribution in [0.15, 0.2) is 18.2 Å². The molecule has 0 bridgehead atoms. The summed E-state index contributed by atoms with van der Waals surface area (Å²) in [6.07, 6.45) is 2.37. The summed E-state index contributed by atoms with van der Waals surface area (Å²) < 4.78 is 18.7. The number of pyridine rings is 1. The van der Waals surface area contributed by atoms with Gasteiger partial charge in [-0.05, 0) is 52.2 Å². The Kier molecular flexibility index (Phi) is 4.26. The van der Waals surface area contributed by atoms with Crippen LogP contribution < -0.4 is 0 Å². The standard InChI is InChI=1S/C15H21FN2O2/c1-15(2,3)20-14(19)18-10-5-4-8-12(18)11-7-6-9-13(16)17-11/h6-7,9,12H,4-5,8,10H2,1-3H3. The number of hydrogen-bond acceptors (Lipinski definition) is 3. The predicted molar refractivity (Wildman–Crippen MR) is 73.7 cm³/mol. The van der Waals surface area contributed by atoms with Crippen molar-refractivity contribution in [2.24, 2.45) is 0 Å². The molecule has 1 unspecified atom stereocenters. The molecule has 0 N–H and O–H groups in total. The van der Waals surface area contributed by atoms with Gasteiger partial charge in [-0.3, -0.25) is 4.90 Å². The summed E-state index contributed by atoms with van der Waals surface area (Å²) in [4.78, 5) is 17.8. The van der Waals surface area contributed by atoms with Crippen LogP contribution in [0.25, 0.3) is 0 Å². The average molecular weight is 280 g/mol. The second-order valence-corrected chi connectivity index (χ2v) is 6.07. The molecule has 1 atom stereocenters. The first-order chi connectivity index (χ1) is 9.37. The molecule has 0 radical (unpaired) electrons. The third-order valence-electron chi connectivity index (χ3n) is 3.21. The number of aromatic nitrogens is 1. The van der Waals surface area contributed by atoms with E-state index in [9.17, 15) is 9.18 Å². The van der Waals surface area contributed by atoms with Gasteiger partial charge < -0.3 is 4.74 Å². The van der Waals surface area contributed by atoms with Crippen molar-refractivity contribution in [3.63, 3.8) is 0 Å². The molecule has 1 saturated heterocycles. The number of piperidine rings is 1. The smallest absolute Gasteiger partial charge is 0.410 e. The third kappa shape index (κ3) is 3.68. The van der Waals surface area contributed by atoms with Crippen LogP contribution in [0.3, 0.4) is 0 Å². The van der Waals surface area contributed by atoms with Gasteiger partial charge in [0.25, 0.3) is 0 Å². The Balaban J connectivity index is 2.19. The van der Waals surface area contributed by atoms with Gasteiger partial charge in [-0.25, -0.2) is 9.78 Å². The normalized spacial score (nSPS) is 19.8. The Bertz CT molecular complexity index is 485. The fraction of sp³-hybridized carbons (Fsp3) is 0.600. The van der Waals surface area contributed by atoms with Crippen LogP contribution in [0.4, 0.5) is 9.18 Å². The summed E-state index contributed by atoms with van der Waals surface area (Å²) >= 11 is 0. The molecule has 5 heteroatoms. The SMILES string of the molecule is CC(C)(C)OC(=O)N1CCCCC1c1cccc(F)n1. The minimum atomic E-state index is -0.533. The Morgan fingerprint density at radius 1 is 1.40 bits per heavy atom. The van der Waals surface area contributed by atoms with E-state index in [2.05, 4.69) is 4.98 Å². The van der Waals surface area contributed by atoms with E-state index in [1.807, 2.05) is 20.8 Å². The first kappa shape index (κ1) is 14.8. The maximum absolute atomic E-state index is 13.3. The Morgan fingerprint density at radius 2 is 2.15 bits per heavy atom. The summed E-state index contributed by atoms with van der Waals surface area (Å²) in [7, 11) is 0. The van der Waals surface area contributed by atoms with Crippen molar-refractivity contribution < 1.29 is 13.9 Å². The third-order valence-corrected chi connectivity index (χ3v) is 3.21. The molecule has 1 fully saturated rings. The zero-order valence-electron chi connectivity index (χ0n) is 12.2. The second kappa shape index (κ2) is 5.77. The van der Waals surface area contributed by atoms with Gasteiger partial charge in [-0.15, -0.1) is 0 Å². The molecule has 2 rings (SSSR count). The van der Waals surface area contributed by atoms with Gasteiger partial charge >= 0.3 is 6.09 Å². The van der Waals surface area contributed by atoms with Crippen LogP contribution in [0.2, 0.25) is 0 Å². The van der Waals surface area contributed by atoms with E-state index in [0.717, 1.165) is 19.3 Å². The van der Waals surface area contributed by atoms with Crippen molar-refractivity contribution in [2.45, 2.75) is 51.7 Å². The van der Waals surface area contributed by atoms with Crippen molar-refractivity contribution in [1.82, 2.24) is 9.88 Å². The van der Waals surface area contributed by atoms with E-state index in [1.165, 1.54) is 6.07 Å². The number of rotatable bonds is 1. The number of carbonyl (C=O) groups excluding carboxylic acids is 1. The highest BCUT2D eigenvalue weighted by molar-refractivity contribution is 5.69. The van der Waals surface area contributed by atoms with Crippen molar-refractivity contribution in [2.75, 3.05) is 6.54 Å². The lowest BCUT2D eigenvalue weighted by Crippen LogP contribution is -2.42. The zero-order valence-corrected chi connectivity index (χ0v) is 12.2. The van der Waals surface area contributed by atoms with Crippen LogP contribution in [0, 0.1) is 5.95 Å². The van der Waals surface area contributed by atoms with E-state index in [4.69, 9.17) is 4.74 Å². The molecule has 1 aromatic heterocycles. The van der Waals surface area contributed by atoms with E-state index >= 15 is 0 Å². The number of halogens is 1. The highest BCUT2D eigenvalue weighted by atomic mass is 19.1. The van der Waals surface area contributed by atoms with Crippen LogP contribution in [-0.2, 0) is 4.74 Å². The quantitative estimate of drug-likeness (QED) is 0.737. The van der Waals surface area contributed by atoms with Crippen molar-refractivity contribution in [3.05, 3.63) is 29.8 Å². The number of amides is 1. The molecule has 0 spiro atoms. The lowest BCUT2D eigenvalue weighted by atomic mass is 9.99. The molecule has 0 saturated carbocycles. The number of hydrogen-bond donors (Lipinski definition) is 0. The van der Waals surface area contributed by atoms with Crippen molar-refractivity contribution in [3.8, 4) is 0 Å². The molecule has 1 aliphatic heterocycles. The molecule has 2 heterocycles. The summed E-state index contributed by atoms with van der Waals surface area (Å²) in [5, 5.41) is 0. The molecule has 1 amide bonds. The van der Waals surface area contributed by atoms with E-state index in [-0.39, 0.29) is 12.1 Å². The van der Waals surface area contributed by atoms with Gasteiger partial charge in [-0.1, -0.05) is 6.07 Å². The first-order valence-electron chi connectivity index (χ1n) is 6.99. The highest BCUT2D eigenvalue weighted by Crippen LogP contribution is 2.31. The van der Waals surface area contributed by atoms with E-state index < -0.39 is 11.5 Å². The summed E-state index contributed by atoms with van der Waals surface area (Å²) in [6.45, 7) is 6.14. The number of likely N-dealkylation sites (tertiary alicyclic amines) is 1. The van der Waals surface area contributed by atoms with Gasteiger partial charge in [0.05, 0.1) is 11.7 Å². The maximum Gasteiger partial charge on any atom is 0.410 e. The van der Waals surface area contributed by atoms with E-state index in [0.29, 0.717) is 12.2 Å². The Labute approximate surface area is 118 Å².